The number of aliphatic hydroxyl groups is 1. The summed E-state index contributed by atoms with van der Waals surface area (Å²) in [7, 11) is 0. The molecule has 146 valence electrons. The number of aliphatic hydroxyl groups excluding tert-OH is 1. The fraction of sp³-hybridized carbons (Fsp3) is 0.722. The van der Waals surface area contributed by atoms with Gasteiger partial charge in [-0.2, -0.15) is 0 Å². The molecule has 0 bridgehead atoms. The zero-order valence-electron chi connectivity index (χ0n) is 16.3. The van der Waals surface area contributed by atoms with Gasteiger partial charge in [0.05, 0.1) is 17.4 Å². The lowest BCUT2D eigenvalue weighted by Gasteiger charge is -2.29. The fourth-order valence-electron chi connectivity index (χ4n) is 3.02. The van der Waals surface area contributed by atoms with E-state index in [1.54, 1.807) is 33.8 Å². The summed E-state index contributed by atoms with van der Waals surface area (Å²) in [6, 6.07) is 0.942. The van der Waals surface area contributed by atoms with E-state index in [9.17, 15) is 14.7 Å². The number of carbonyl (C=O) groups excluding carboxylic acids is 2. The number of aromatic nitrogens is 1. The maximum absolute atomic E-state index is 13.2. The molecule has 26 heavy (non-hydrogen) atoms. The standard InChI is InChI=1S/C18H29N3O5/c1-10(2)15(14-7-11(3)19-25-14)17(24)21-9-12(22)8-13(21)16(23)20-26-18(4,5)6/h7,10,12-13,15,22H,8-9H2,1-6H3,(H,20,23). The predicted molar refractivity (Wildman–Crippen MR) is 93.9 cm³/mol. The summed E-state index contributed by atoms with van der Waals surface area (Å²) in [5.41, 5.74) is 2.53. The Bertz CT molecular complexity index is 649. The van der Waals surface area contributed by atoms with E-state index in [0.29, 0.717) is 11.5 Å². The molecule has 0 aliphatic carbocycles. The molecule has 0 saturated carbocycles. The predicted octanol–water partition coefficient (Wildman–Crippen LogP) is 1.53. The number of amides is 2. The van der Waals surface area contributed by atoms with Gasteiger partial charge >= 0.3 is 0 Å². The number of hydroxylamine groups is 1. The van der Waals surface area contributed by atoms with Gasteiger partial charge in [-0.15, -0.1) is 0 Å². The summed E-state index contributed by atoms with van der Waals surface area (Å²) in [4.78, 5) is 32.4. The van der Waals surface area contributed by atoms with Crippen molar-refractivity contribution in [1.82, 2.24) is 15.5 Å². The van der Waals surface area contributed by atoms with Gasteiger partial charge in [0, 0.05) is 19.0 Å². The molecule has 1 aromatic heterocycles. The molecule has 3 unspecified atom stereocenters. The van der Waals surface area contributed by atoms with Crippen LogP contribution >= 0.6 is 0 Å². The largest absolute Gasteiger partial charge is 0.391 e. The molecule has 0 radical (unpaired) electrons. The molecule has 1 aromatic rings. The van der Waals surface area contributed by atoms with Crippen LogP contribution in [0, 0.1) is 12.8 Å². The van der Waals surface area contributed by atoms with E-state index in [0.717, 1.165) is 0 Å². The molecule has 2 heterocycles. The Kier molecular flexibility index (Phi) is 6.08. The van der Waals surface area contributed by atoms with Crippen molar-refractivity contribution in [3.8, 4) is 0 Å². The molecular weight excluding hydrogens is 338 g/mol. The summed E-state index contributed by atoms with van der Waals surface area (Å²) >= 11 is 0. The summed E-state index contributed by atoms with van der Waals surface area (Å²) in [5.74, 6) is -0.860. The molecule has 1 aliphatic heterocycles. The van der Waals surface area contributed by atoms with Crippen LogP contribution < -0.4 is 5.48 Å². The van der Waals surface area contributed by atoms with E-state index in [2.05, 4.69) is 10.6 Å². The molecule has 1 fully saturated rings. The minimum absolute atomic E-state index is 0.0536. The third kappa shape index (κ3) is 4.82. The molecule has 2 N–H and O–H groups in total. The highest BCUT2D eigenvalue weighted by Crippen LogP contribution is 2.31. The molecule has 3 atom stereocenters. The lowest BCUT2D eigenvalue weighted by atomic mass is 9.91. The van der Waals surface area contributed by atoms with Crippen LogP contribution in [0.25, 0.3) is 0 Å². The lowest BCUT2D eigenvalue weighted by Crippen LogP contribution is -2.49. The van der Waals surface area contributed by atoms with Crippen molar-refractivity contribution in [3.63, 3.8) is 0 Å². The third-order valence-electron chi connectivity index (χ3n) is 4.21. The van der Waals surface area contributed by atoms with Gasteiger partial charge in [0.25, 0.3) is 5.91 Å². The normalized spacial score (nSPS) is 21.9. The summed E-state index contributed by atoms with van der Waals surface area (Å²) in [6.45, 7) is 11.1. The highest BCUT2D eigenvalue weighted by molar-refractivity contribution is 5.90. The summed E-state index contributed by atoms with van der Waals surface area (Å²) in [6.07, 6.45) is -0.584. The second kappa shape index (κ2) is 7.75. The molecular formula is C18H29N3O5. The molecule has 8 nitrogen and oxygen atoms in total. The van der Waals surface area contributed by atoms with Gasteiger partial charge in [-0.25, -0.2) is 5.48 Å². The van der Waals surface area contributed by atoms with Crippen molar-refractivity contribution in [2.24, 2.45) is 5.92 Å². The minimum Gasteiger partial charge on any atom is -0.391 e. The average Bonchev–Trinajstić information content (AvgIpc) is 3.10. The highest BCUT2D eigenvalue weighted by atomic mass is 16.7. The number of rotatable bonds is 5. The average molecular weight is 367 g/mol. The minimum atomic E-state index is -0.787. The molecule has 0 aromatic carbocycles. The first-order chi connectivity index (χ1) is 12.0. The Labute approximate surface area is 153 Å². The van der Waals surface area contributed by atoms with Crippen LogP contribution in [0.2, 0.25) is 0 Å². The van der Waals surface area contributed by atoms with E-state index in [1.807, 2.05) is 13.8 Å². The van der Waals surface area contributed by atoms with E-state index < -0.39 is 29.6 Å². The van der Waals surface area contributed by atoms with Crippen LogP contribution in [0.5, 0.6) is 0 Å². The van der Waals surface area contributed by atoms with Crippen molar-refractivity contribution in [2.45, 2.75) is 71.6 Å². The number of likely N-dealkylation sites (tertiary alicyclic amines) is 1. The first kappa shape index (κ1) is 20.4. The van der Waals surface area contributed by atoms with Gasteiger partial charge in [0.1, 0.15) is 17.7 Å². The summed E-state index contributed by atoms with van der Waals surface area (Å²) in [5, 5.41) is 13.9. The van der Waals surface area contributed by atoms with Crippen LogP contribution in [0.4, 0.5) is 0 Å². The molecule has 2 amide bonds. The van der Waals surface area contributed by atoms with Crippen LogP contribution in [-0.2, 0) is 14.4 Å². The first-order valence-corrected chi connectivity index (χ1v) is 8.89. The van der Waals surface area contributed by atoms with Crippen molar-refractivity contribution in [2.75, 3.05) is 6.54 Å². The molecule has 2 rings (SSSR count). The third-order valence-corrected chi connectivity index (χ3v) is 4.21. The number of hydrogen-bond acceptors (Lipinski definition) is 6. The smallest absolute Gasteiger partial charge is 0.266 e. The Morgan fingerprint density at radius 2 is 2.08 bits per heavy atom. The molecule has 1 saturated heterocycles. The SMILES string of the molecule is Cc1cc(C(C(=O)N2CC(O)CC2C(=O)NOC(C)(C)C)C(C)C)on1. The number of nitrogens with one attached hydrogen (secondary N) is 1. The molecule has 0 spiro atoms. The zero-order chi connectivity index (χ0) is 19.6. The maximum atomic E-state index is 13.2. The fourth-order valence-corrected chi connectivity index (χ4v) is 3.02. The Hall–Kier alpha value is -1.93. The van der Waals surface area contributed by atoms with Gasteiger partial charge in [0.15, 0.2) is 0 Å². The zero-order valence-corrected chi connectivity index (χ0v) is 16.3. The second-order valence-electron chi connectivity index (χ2n) is 8.17. The van der Waals surface area contributed by atoms with Crippen molar-refractivity contribution >= 4 is 11.8 Å². The van der Waals surface area contributed by atoms with Crippen molar-refractivity contribution < 1.29 is 24.1 Å². The monoisotopic (exact) mass is 367 g/mol. The number of hydrogen-bond donors (Lipinski definition) is 2. The molecule has 8 heteroatoms. The maximum Gasteiger partial charge on any atom is 0.266 e. The highest BCUT2D eigenvalue weighted by Gasteiger charge is 2.43. The van der Waals surface area contributed by atoms with Gasteiger partial charge in [-0.05, 0) is 33.6 Å². The number of nitrogens with zero attached hydrogens (tertiary/aromatic N) is 2. The second-order valence-corrected chi connectivity index (χ2v) is 8.17. The quantitative estimate of drug-likeness (QED) is 0.765. The van der Waals surface area contributed by atoms with E-state index in [4.69, 9.17) is 9.36 Å². The van der Waals surface area contributed by atoms with E-state index in [1.165, 1.54) is 4.90 Å². The topological polar surface area (TPSA) is 105 Å². The lowest BCUT2D eigenvalue weighted by molar-refractivity contribution is -0.154. The number of carbonyl (C=O) groups is 2. The van der Waals surface area contributed by atoms with Crippen LogP contribution in [0.3, 0.4) is 0 Å². The number of β-amino-alcohol motifs (C(OH)–C–C–N with tert-alkyl or cyclic N) is 1. The Morgan fingerprint density at radius 3 is 2.58 bits per heavy atom. The van der Waals surface area contributed by atoms with Crippen LogP contribution in [0.1, 0.15) is 58.4 Å². The van der Waals surface area contributed by atoms with Crippen LogP contribution in [0.15, 0.2) is 10.6 Å². The van der Waals surface area contributed by atoms with Crippen molar-refractivity contribution in [1.29, 1.82) is 0 Å². The number of aryl methyl sites for hydroxylation is 1. The van der Waals surface area contributed by atoms with E-state index in [-0.39, 0.29) is 24.8 Å². The summed E-state index contributed by atoms with van der Waals surface area (Å²) < 4.78 is 5.30. The van der Waals surface area contributed by atoms with Gasteiger partial charge < -0.3 is 14.5 Å². The van der Waals surface area contributed by atoms with Crippen molar-refractivity contribution in [3.05, 3.63) is 17.5 Å². The van der Waals surface area contributed by atoms with Gasteiger partial charge in [-0.3, -0.25) is 14.4 Å². The van der Waals surface area contributed by atoms with Gasteiger partial charge in [0.2, 0.25) is 5.91 Å². The molecule has 1 aliphatic rings. The van der Waals surface area contributed by atoms with Gasteiger partial charge in [-0.1, -0.05) is 19.0 Å². The van der Waals surface area contributed by atoms with Crippen LogP contribution in [-0.4, -0.2) is 51.3 Å². The Balaban J connectivity index is 2.19. The first-order valence-electron chi connectivity index (χ1n) is 8.89. The van der Waals surface area contributed by atoms with E-state index >= 15 is 0 Å². The Morgan fingerprint density at radius 1 is 1.42 bits per heavy atom.